The zero-order valence-corrected chi connectivity index (χ0v) is 13.4. The molecule has 128 valence electrons. The summed E-state index contributed by atoms with van der Waals surface area (Å²) in [6, 6.07) is 3.86. The van der Waals surface area contributed by atoms with Crippen LogP contribution in [0.15, 0.2) is 24.5 Å². The SMILES string of the molecule is O=C(NC1CCC(F)C1)N1CCC(Nc2ccc3nccn3n2)C1. The number of fused-ring (bicyclic) bond motifs is 1. The summed E-state index contributed by atoms with van der Waals surface area (Å²) < 4.78 is 14.9. The molecule has 2 N–H and O–H groups in total. The average molecular weight is 332 g/mol. The summed E-state index contributed by atoms with van der Waals surface area (Å²) in [5.74, 6) is 0.767. The minimum Gasteiger partial charge on any atom is -0.364 e. The zero-order valence-electron chi connectivity index (χ0n) is 13.4. The first-order chi connectivity index (χ1) is 11.7. The summed E-state index contributed by atoms with van der Waals surface area (Å²) in [6.45, 7) is 1.32. The van der Waals surface area contributed by atoms with Gasteiger partial charge in [-0.2, -0.15) is 0 Å². The molecule has 2 amide bonds. The highest BCUT2D eigenvalue weighted by Gasteiger charge is 2.30. The van der Waals surface area contributed by atoms with Gasteiger partial charge in [0.05, 0.1) is 0 Å². The van der Waals surface area contributed by atoms with Gasteiger partial charge in [0, 0.05) is 37.6 Å². The van der Waals surface area contributed by atoms with E-state index in [0.29, 0.717) is 25.9 Å². The van der Waals surface area contributed by atoms with Crippen LogP contribution < -0.4 is 10.6 Å². The summed E-state index contributed by atoms with van der Waals surface area (Å²) >= 11 is 0. The molecule has 8 heteroatoms. The molecule has 0 radical (unpaired) electrons. The number of carbonyl (C=O) groups excluding carboxylic acids is 1. The van der Waals surface area contributed by atoms with E-state index in [4.69, 9.17) is 0 Å². The van der Waals surface area contributed by atoms with Gasteiger partial charge in [0.15, 0.2) is 5.65 Å². The molecule has 4 rings (SSSR count). The molecule has 0 aromatic carbocycles. The van der Waals surface area contributed by atoms with Crippen molar-refractivity contribution in [3.8, 4) is 0 Å². The molecule has 1 aliphatic heterocycles. The fourth-order valence-electron chi connectivity index (χ4n) is 3.49. The van der Waals surface area contributed by atoms with Crippen molar-refractivity contribution < 1.29 is 9.18 Å². The van der Waals surface area contributed by atoms with Crippen LogP contribution >= 0.6 is 0 Å². The molecule has 1 aliphatic carbocycles. The monoisotopic (exact) mass is 332 g/mol. The van der Waals surface area contributed by atoms with E-state index < -0.39 is 6.17 Å². The minimum atomic E-state index is -0.771. The lowest BCUT2D eigenvalue weighted by Crippen LogP contribution is -2.43. The predicted octanol–water partition coefficient (Wildman–Crippen LogP) is 1.82. The lowest BCUT2D eigenvalue weighted by Gasteiger charge is -2.20. The van der Waals surface area contributed by atoms with Crippen LogP contribution in [0.4, 0.5) is 15.0 Å². The van der Waals surface area contributed by atoms with Crippen LogP contribution in [-0.2, 0) is 0 Å². The molecule has 7 nitrogen and oxygen atoms in total. The van der Waals surface area contributed by atoms with Crippen molar-refractivity contribution in [2.75, 3.05) is 18.4 Å². The fourth-order valence-corrected chi connectivity index (χ4v) is 3.49. The van der Waals surface area contributed by atoms with Crippen molar-refractivity contribution in [2.45, 2.75) is 43.9 Å². The summed E-state index contributed by atoms with van der Waals surface area (Å²) in [5.41, 5.74) is 0.802. The Morgan fingerprint density at radius 1 is 1.25 bits per heavy atom. The van der Waals surface area contributed by atoms with Crippen LogP contribution in [-0.4, -0.2) is 56.9 Å². The van der Waals surface area contributed by atoms with Gasteiger partial charge in [0.25, 0.3) is 0 Å². The maximum absolute atomic E-state index is 13.2. The Balaban J connectivity index is 1.31. The quantitative estimate of drug-likeness (QED) is 0.899. The summed E-state index contributed by atoms with van der Waals surface area (Å²) in [5, 5.41) is 10.8. The number of nitrogens with one attached hydrogen (secondary N) is 2. The first-order valence-electron chi connectivity index (χ1n) is 8.44. The van der Waals surface area contributed by atoms with E-state index in [0.717, 1.165) is 24.3 Å². The van der Waals surface area contributed by atoms with Crippen molar-refractivity contribution >= 4 is 17.5 Å². The van der Waals surface area contributed by atoms with Gasteiger partial charge in [0.1, 0.15) is 12.0 Å². The van der Waals surface area contributed by atoms with E-state index in [-0.39, 0.29) is 18.1 Å². The average Bonchev–Trinajstić information content (AvgIpc) is 3.28. The third-order valence-corrected chi connectivity index (χ3v) is 4.78. The number of nitrogens with zero attached hydrogens (tertiary/aromatic N) is 4. The number of alkyl halides is 1. The topological polar surface area (TPSA) is 74.6 Å². The molecule has 0 spiro atoms. The van der Waals surface area contributed by atoms with Gasteiger partial charge in [-0.1, -0.05) is 0 Å². The number of likely N-dealkylation sites (tertiary alicyclic amines) is 1. The molecule has 3 heterocycles. The third kappa shape index (κ3) is 3.13. The number of rotatable bonds is 3. The Labute approximate surface area is 139 Å². The number of aromatic nitrogens is 3. The summed E-state index contributed by atoms with van der Waals surface area (Å²) in [4.78, 5) is 18.2. The normalized spacial score (nSPS) is 26.9. The molecule has 24 heavy (non-hydrogen) atoms. The van der Waals surface area contributed by atoms with E-state index in [1.54, 1.807) is 21.8 Å². The van der Waals surface area contributed by atoms with E-state index in [1.807, 2.05) is 12.1 Å². The number of hydrogen-bond acceptors (Lipinski definition) is 4. The van der Waals surface area contributed by atoms with Crippen LogP contribution in [0.2, 0.25) is 0 Å². The zero-order chi connectivity index (χ0) is 16.5. The highest BCUT2D eigenvalue weighted by atomic mass is 19.1. The first-order valence-corrected chi connectivity index (χ1v) is 8.44. The maximum atomic E-state index is 13.2. The Bertz CT molecular complexity index is 734. The van der Waals surface area contributed by atoms with Gasteiger partial charge in [-0.3, -0.25) is 0 Å². The van der Waals surface area contributed by atoms with E-state index >= 15 is 0 Å². The van der Waals surface area contributed by atoms with Crippen LogP contribution in [0, 0.1) is 0 Å². The molecular weight excluding hydrogens is 311 g/mol. The second kappa shape index (κ2) is 6.26. The van der Waals surface area contributed by atoms with Crippen molar-refractivity contribution in [1.82, 2.24) is 24.8 Å². The molecule has 1 saturated carbocycles. The number of urea groups is 1. The number of amides is 2. The third-order valence-electron chi connectivity index (χ3n) is 4.78. The van der Waals surface area contributed by atoms with Crippen molar-refractivity contribution in [3.05, 3.63) is 24.5 Å². The van der Waals surface area contributed by atoms with E-state index in [2.05, 4.69) is 20.7 Å². The molecular formula is C16H21FN6O. The molecule has 2 aromatic rings. The van der Waals surface area contributed by atoms with Gasteiger partial charge in [-0.25, -0.2) is 18.7 Å². The maximum Gasteiger partial charge on any atom is 0.317 e. The predicted molar refractivity (Wildman–Crippen MR) is 87.7 cm³/mol. The number of hydrogen-bond donors (Lipinski definition) is 2. The highest BCUT2D eigenvalue weighted by Crippen LogP contribution is 2.22. The molecule has 2 fully saturated rings. The van der Waals surface area contributed by atoms with Crippen LogP contribution in [0.25, 0.3) is 5.65 Å². The van der Waals surface area contributed by atoms with Crippen molar-refractivity contribution in [2.24, 2.45) is 0 Å². The van der Waals surface area contributed by atoms with Crippen LogP contribution in [0.3, 0.4) is 0 Å². The van der Waals surface area contributed by atoms with Crippen molar-refractivity contribution in [1.29, 1.82) is 0 Å². The molecule has 3 unspecified atom stereocenters. The first kappa shape index (κ1) is 15.2. The van der Waals surface area contributed by atoms with E-state index in [9.17, 15) is 9.18 Å². The van der Waals surface area contributed by atoms with Gasteiger partial charge in [0.2, 0.25) is 0 Å². The second-order valence-corrected chi connectivity index (χ2v) is 6.58. The fraction of sp³-hybridized carbons (Fsp3) is 0.562. The Hall–Kier alpha value is -2.38. The second-order valence-electron chi connectivity index (χ2n) is 6.58. The Morgan fingerprint density at radius 3 is 3.00 bits per heavy atom. The number of halogens is 1. The molecule has 3 atom stereocenters. The van der Waals surface area contributed by atoms with Crippen LogP contribution in [0.5, 0.6) is 0 Å². The standard InChI is InChI=1S/C16H21FN6O/c17-11-1-2-12(9-11)20-16(24)22-7-5-13(10-22)19-14-3-4-15-18-6-8-23(15)21-14/h3-4,6,8,11-13H,1-2,5,7,9-10H2,(H,19,21)(H,20,24). The smallest absolute Gasteiger partial charge is 0.317 e. The lowest BCUT2D eigenvalue weighted by atomic mass is 10.2. The van der Waals surface area contributed by atoms with Gasteiger partial charge in [-0.05, 0) is 37.8 Å². The Morgan fingerprint density at radius 2 is 2.17 bits per heavy atom. The molecule has 1 saturated heterocycles. The lowest BCUT2D eigenvalue weighted by molar-refractivity contribution is 0.203. The molecule has 2 aromatic heterocycles. The highest BCUT2D eigenvalue weighted by molar-refractivity contribution is 5.75. The molecule has 0 bridgehead atoms. The van der Waals surface area contributed by atoms with Crippen LogP contribution in [0.1, 0.15) is 25.7 Å². The van der Waals surface area contributed by atoms with Gasteiger partial charge < -0.3 is 15.5 Å². The summed E-state index contributed by atoms with van der Waals surface area (Å²) in [6.07, 6.45) is 5.33. The number of anilines is 1. The van der Waals surface area contributed by atoms with Gasteiger partial charge >= 0.3 is 6.03 Å². The van der Waals surface area contributed by atoms with Gasteiger partial charge in [-0.15, -0.1) is 5.10 Å². The largest absolute Gasteiger partial charge is 0.364 e. The number of carbonyl (C=O) groups is 1. The molecule has 2 aliphatic rings. The Kier molecular flexibility index (Phi) is 3.95. The minimum absolute atomic E-state index is 0.0233. The van der Waals surface area contributed by atoms with E-state index in [1.165, 1.54) is 0 Å². The number of imidazole rings is 1. The van der Waals surface area contributed by atoms with Crippen molar-refractivity contribution in [3.63, 3.8) is 0 Å². The summed E-state index contributed by atoms with van der Waals surface area (Å²) in [7, 11) is 0.